The summed E-state index contributed by atoms with van der Waals surface area (Å²) in [5, 5.41) is 2.86. The van der Waals surface area contributed by atoms with Crippen LogP contribution in [0.15, 0.2) is 72.8 Å². The van der Waals surface area contributed by atoms with E-state index in [1.807, 2.05) is 24.3 Å². The summed E-state index contributed by atoms with van der Waals surface area (Å²) in [5.74, 6) is 1.60. The Morgan fingerprint density at radius 3 is 2.43 bits per heavy atom. The molecule has 0 saturated carbocycles. The minimum absolute atomic E-state index is 0.250. The Morgan fingerprint density at radius 2 is 1.68 bits per heavy atom. The van der Waals surface area contributed by atoms with Gasteiger partial charge in [-0.05, 0) is 35.9 Å². The molecule has 5 heteroatoms. The molecule has 144 valence electrons. The zero-order valence-corrected chi connectivity index (χ0v) is 16.0. The number of methoxy groups -OCH3 is 2. The van der Waals surface area contributed by atoms with E-state index in [-0.39, 0.29) is 5.91 Å². The maximum Gasteiger partial charge on any atom is 0.255 e. The first-order valence-corrected chi connectivity index (χ1v) is 9.00. The van der Waals surface area contributed by atoms with E-state index >= 15 is 0 Å². The molecule has 0 spiro atoms. The fourth-order valence-corrected chi connectivity index (χ4v) is 2.76. The fraction of sp³-hybridized carbons (Fsp3) is 0.174. The number of hydrogen-bond acceptors (Lipinski definition) is 4. The maximum atomic E-state index is 12.7. The summed E-state index contributed by atoms with van der Waals surface area (Å²) in [6.45, 7) is 0.540. The first-order chi connectivity index (χ1) is 13.7. The zero-order chi connectivity index (χ0) is 19.8. The summed E-state index contributed by atoms with van der Waals surface area (Å²) in [7, 11) is 3.13. The molecule has 0 bridgehead atoms. The van der Waals surface area contributed by atoms with Crippen molar-refractivity contribution in [2.75, 3.05) is 26.1 Å². The molecule has 0 unspecified atom stereocenters. The Labute approximate surface area is 164 Å². The number of nitrogens with one attached hydrogen (secondary N) is 1. The lowest BCUT2D eigenvalue weighted by molar-refractivity contribution is 0.102. The van der Waals surface area contributed by atoms with Gasteiger partial charge in [-0.2, -0.15) is 0 Å². The van der Waals surface area contributed by atoms with Crippen molar-refractivity contribution in [2.24, 2.45) is 0 Å². The van der Waals surface area contributed by atoms with Crippen LogP contribution in [0.4, 0.5) is 5.69 Å². The van der Waals surface area contributed by atoms with Gasteiger partial charge in [-0.3, -0.25) is 4.79 Å². The standard InChI is InChI=1S/C23H23NO4/c1-26-19-11-12-22(27-2)21(16-19)24-23(25)18-9-6-10-20(15-18)28-14-13-17-7-4-3-5-8-17/h3-12,15-16H,13-14H2,1-2H3,(H,24,25). The average Bonchev–Trinajstić information content (AvgIpc) is 2.74. The lowest BCUT2D eigenvalue weighted by Gasteiger charge is -2.12. The highest BCUT2D eigenvalue weighted by Crippen LogP contribution is 2.29. The van der Waals surface area contributed by atoms with Crippen LogP contribution >= 0.6 is 0 Å². The van der Waals surface area contributed by atoms with E-state index in [1.54, 1.807) is 50.6 Å². The summed E-state index contributed by atoms with van der Waals surface area (Å²) >= 11 is 0. The van der Waals surface area contributed by atoms with Gasteiger partial charge in [-0.25, -0.2) is 0 Å². The summed E-state index contributed by atoms with van der Waals surface area (Å²) in [6, 6.07) is 22.5. The normalized spacial score (nSPS) is 10.2. The molecule has 0 aliphatic rings. The Hall–Kier alpha value is -3.47. The third-order valence-electron chi connectivity index (χ3n) is 4.25. The number of rotatable bonds is 8. The molecule has 0 aliphatic carbocycles. The van der Waals surface area contributed by atoms with Gasteiger partial charge in [0.25, 0.3) is 5.91 Å². The van der Waals surface area contributed by atoms with E-state index < -0.39 is 0 Å². The summed E-state index contributed by atoms with van der Waals surface area (Å²) < 4.78 is 16.3. The number of amides is 1. The minimum atomic E-state index is -0.250. The largest absolute Gasteiger partial charge is 0.497 e. The van der Waals surface area contributed by atoms with Crippen LogP contribution in [0, 0.1) is 0 Å². The number of hydrogen-bond donors (Lipinski definition) is 1. The topological polar surface area (TPSA) is 56.8 Å². The van der Waals surface area contributed by atoms with Gasteiger partial charge >= 0.3 is 0 Å². The van der Waals surface area contributed by atoms with E-state index in [2.05, 4.69) is 17.4 Å². The molecule has 0 radical (unpaired) electrons. The van der Waals surface area contributed by atoms with Crippen molar-refractivity contribution < 1.29 is 19.0 Å². The maximum absolute atomic E-state index is 12.7. The monoisotopic (exact) mass is 377 g/mol. The van der Waals surface area contributed by atoms with E-state index in [0.717, 1.165) is 6.42 Å². The van der Waals surface area contributed by atoms with E-state index in [9.17, 15) is 4.79 Å². The third-order valence-corrected chi connectivity index (χ3v) is 4.25. The van der Waals surface area contributed by atoms with Gasteiger partial charge in [0.15, 0.2) is 0 Å². The fourth-order valence-electron chi connectivity index (χ4n) is 2.76. The smallest absolute Gasteiger partial charge is 0.255 e. The predicted octanol–water partition coefficient (Wildman–Crippen LogP) is 4.58. The van der Waals surface area contributed by atoms with Gasteiger partial charge in [0.05, 0.1) is 26.5 Å². The molecule has 28 heavy (non-hydrogen) atoms. The third kappa shape index (κ3) is 5.04. The summed E-state index contributed by atoms with van der Waals surface area (Å²) in [5.41, 5.74) is 2.26. The minimum Gasteiger partial charge on any atom is -0.497 e. The van der Waals surface area contributed by atoms with Crippen LogP contribution in [0.5, 0.6) is 17.2 Å². The quantitative estimate of drug-likeness (QED) is 0.624. The van der Waals surface area contributed by atoms with Crippen molar-refractivity contribution in [1.82, 2.24) is 0 Å². The molecular weight excluding hydrogens is 354 g/mol. The predicted molar refractivity (Wildman–Crippen MR) is 110 cm³/mol. The van der Waals surface area contributed by atoms with Gasteiger partial charge in [0, 0.05) is 18.1 Å². The molecule has 3 rings (SSSR count). The SMILES string of the molecule is COc1ccc(OC)c(NC(=O)c2cccc(OCCc3ccccc3)c2)c1. The van der Waals surface area contributed by atoms with Gasteiger partial charge in [0.2, 0.25) is 0 Å². The summed E-state index contributed by atoms with van der Waals surface area (Å²) in [6.07, 6.45) is 0.804. The van der Waals surface area contributed by atoms with Crippen LogP contribution in [0.3, 0.4) is 0 Å². The second kappa shape index (κ2) is 9.46. The molecule has 5 nitrogen and oxygen atoms in total. The highest BCUT2D eigenvalue weighted by molar-refractivity contribution is 6.05. The molecule has 0 aliphatic heterocycles. The van der Waals surface area contributed by atoms with Crippen molar-refractivity contribution in [1.29, 1.82) is 0 Å². The van der Waals surface area contributed by atoms with Gasteiger partial charge in [-0.15, -0.1) is 0 Å². The Bertz CT molecular complexity index is 925. The number of anilines is 1. The first-order valence-electron chi connectivity index (χ1n) is 9.00. The second-order valence-corrected chi connectivity index (χ2v) is 6.13. The number of carbonyl (C=O) groups is 1. The zero-order valence-electron chi connectivity index (χ0n) is 16.0. The number of carbonyl (C=O) groups excluding carboxylic acids is 1. The van der Waals surface area contributed by atoms with Crippen molar-refractivity contribution in [3.63, 3.8) is 0 Å². The van der Waals surface area contributed by atoms with Gasteiger partial charge < -0.3 is 19.5 Å². The lowest BCUT2D eigenvalue weighted by atomic mass is 10.1. The molecular formula is C23H23NO4. The highest BCUT2D eigenvalue weighted by Gasteiger charge is 2.12. The van der Waals surface area contributed by atoms with Crippen LogP contribution in [0.25, 0.3) is 0 Å². The Kier molecular flexibility index (Phi) is 6.52. The van der Waals surface area contributed by atoms with Crippen molar-refractivity contribution in [3.8, 4) is 17.2 Å². The Morgan fingerprint density at radius 1 is 0.857 bits per heavy atom. The molecule has 0 atom stereocenters. The molecule has 3 aromatic rings. The number of benzene rings is 3. The highest BCUT2D eigenvalue weighted by atomic mass is 16.5. The van der Waals surface area contributed by atoms with Crippen LogP contribution in [0.2, 0.25) is 0 Å². The first kappa shape index (κ1) is 19.3. The molecule has 3 aromatic carbocycles. The van der Waals surface area contributed by atoms with Crippen molar-refractivity contribution in [2.45, 2.75) is 6.42 Å². The van der Waals surface area contributed by atoms with Gasteiger partial charge in [-0.1, -0.05) is 36.4 Å². The second-order valence-electron chi connectivity index (χ2n) is 6.13. The van der Waals surface area contributed by atoms with Crippen molar-refractivity contribution >= 4 is 11.6 Å². The molecule has 0 aromatic heterocycles. The molecule has 0 heterocycles. The Balaban J connectivity index is 1.65. The van der Waals surface area contributed by atoms with Crippen molar-refractivity contribution in [3.05, 3.63) is 83.9 Å². The summed E-state index contributed by atoms with van der Waals surface area (Å²) in [4.78, 5) is 12.7. The number of ether oxygens (including phenoxy) is 3. The van der Waals surface area contributed by atoms with Crippen LogP contribution in [-0.2, 0) is 6.42 Å². The molecule has 0 saturated heterocycles. The van der Waals surface area contributed by atoms with Crippen LogP contribution < -0.4 is 19.5 Å². The molecule has 1 N–H and O–H groups in total. The molecule has 1 amide bonds. The van der Waals surface area contributed by atoms with Crippen LogP contribution in [-0.4, -0.2) is 26.7 Å². The molecule has 0 fully saturated rings. The van der Waals surface area contributed by atoms with Crippen LogP contribution in [0.1, 0.15) is 15.9 Å². The average molecular weight is 377 g/mol. The van der Waals surface area contributed by atoms with E-state index in [1.165, 1.54) is 5.56 Å². The van der Waals surface area contributed by atoms with E-state index in [4.69, 9.17) is 14.2 Å². The van der Waals surface area contributed by atoms with Gasteiger partial charge in [0.1, 0.15) is 17.2 Å². The van der Waals surface area contributed by atoms with E-state index in [0.29, 0.717) is 35.1 Å². The lowest BCUT2D eigenvalue weighted by Crippen LogP contribution is -2.13.